The van der Waals surface area contributed by atoms with Crippen molar-refractivity contribution in [2.45, 2.75) is 29.9 Å². The van der Waals surface area contributed by atoms with Crippen molar-refractivity contribution in [3.05, 3.63) is 24.3 Å². The lowest BCUT2D eigenvalue weighted by molar-refractivity contribution is -0.143. The molecule has 0 amide bonds. The van der Waals surface area contributed by atoms with Crippen LogP contribution in [0.25, 0.3) is 0 Å². The quantitative estimate of drug-likeness (QED) is 0.680. The first-order chi connectivity index (χ1) is 12.4. The van der Waals surface area contributed by atoms with Gasteiger partial charge in [-0.3, -0.25) is 4.79 Å². The normalized spacial score (nSPS) is 20.8. The molecule has 142 valence electrons. The van der Waals surface area contributed by atoms with Gasteiger partial charge in [-0.15, -0.1) is 0 Å². The molecule has 1 aliphatic heterocycles. The van der Waals surface area contributed by atoms with E-state index >= 15 is 0 Å². The first kappa shape index (κ1) is 20.2. The molecule has 0 aromatic heterocycles. The predicted octanol–water partition coefficient (Wildman–Crippen LogP) is 0.314. The van der Waals surface area contributed by atoms with E-state index < -0.39 is 28.1 Å². The van der Waals surface area contributed by atoms with Crippen LogP contribution in [-0.2, 0) is 19.6 Å². The van der Waals surface area contributed by atoms with Crippen molar-refractivity contribution in [2.24, 2.45) is 0 Å². The van der Waals surface area contributed by atoms with Crippen molar-refractivity contribution in [2.75, 3.05) is 26.9 Å². The van der Waals surface area contributed by atoms with E-state index in [1.165, 1.54) is 31.4 Å². The molecule has 26 heavy (non-hydrogen) atoms. The zero-order valence-electron chi connectivity index (χ0n) is 14.3. The van der Waals surface area contributed by atoms with E-state index in [-0.39, 0.29) is 30.9 Å². The number of nitrogens with zero attached hydrogens (tertiary/aromatic N) is 1. The summed E-state index contributed by atoms with van der Waals surface area (Å²) in [7, 11) is -2.51. The lowest BCUT2D eigenvalue weighted by Gasteiger charge is -2.34. The van der Waals surface area contributed by atoms with Gasteiger partial charge in [0, 0.05) is 13.7 Å². The number of aliphatic hydroxyl groups excluding tert-OH is 1. The Kier molecular flexibility index (Phi) is 6.99. The Hall–Kier alpha value is -2.12. The molecule has 1 heterocycles. The summed E-state index contributed by atoms with van der Waals surface area (Å²) in [6, 6.07) is 4.44. The minimum Gasteiger partial charge on any atom is -0.481 e. The Morgan fingerprint density at radius 2 is 1.88 bits per heavy atom. The highest BCUT2D eigenvalue weighted by atomic mass is 32.2. The van der Waals surface area contributed by atoms with E-state index in [0.29, 0.717) is 12.4 Å². The van der Waals surface area contributed by atoms with Crippen LogP contribution in [0.2, 0.25) is 0 Å². The lowest BCUT2D eigenvalue weighted by atomic mass is 10.0. The maximum atomic E-state index is 12.8. The highest BCUT2D eigenvalue weighted by molar-refractivity contribution is 7.89. The van der Waals surface area contributed by atoms with Gasteiger partial charge in [-0.05, 0) is 37.1 Å². The number of methoxy groups -OCH3 is 1. The largest absolute Gasteiger partial charge is 0.481 e. The number of rotatable bonds is 6. The Morgan fingerprint density at radius 1 is 1.23 bits per heavy atom. The molecular formula is C17H21NO7S. The van der Waals surface area contributed by atoms with E-state index in [1.807, 2.05) is 0 Å². The number of aliphatic hydroxyl groups is 1. The predicted molar refractivity (Wildman–Crippen MR) is 92.1 cm³/mol. The third-order valence-electron chi connectivity index (χ3n) is 3.88. The molecule has 9 heteroatoms. The van der Waals surface area contributed by atoms with Gasteiger partial charge < -0.3 is 19.7 Å². The number of benzene rings is 1. The van der Waals surface area contributed by atoms with Gasteiger partial charge in [0.1, 0.15) is 25.0 Å². The molecule has 0 spiro atoms. The molecule has 2 atom stereocenters. The van der Waals surface area contributed by atoms with E-state index in [1.54, 1.807) is 0 Å². The van der Waals surface area contributed by atoms with Gasteiger partial charge in [0.15, 0.2) is 0 Å². The second-order valence-electron chi connectivity index (χ2n) is 5.71. The Balaban J connectivity index is 2.13. The van der Waals surface area contributed by atoms with Crippen LogP contribution in [0.3, 0.4) is 0 Å². The average Bonchev–Trinajstić information content (AvgIpc) is 2.61. The van der Waals surface area contributed by atoms with Gasteiger partial charge in [-0.25, -0.2) is 8.42 Å². The van der Waals surface area contributed by atoms with Crippen molar-refractivity contribution >= 4 is 16.0 Å². The Labute approximate surface area is 152 Å². The summed E-state index contributed by atoms with van der Waals surface area (Å²) in [5.41, 5.74) is 0. The third kappa shape index (κ3) is 4.95. The fraction of sp³-hybridized carbons (Fsp3) is 0.471. The maximum Gasteiger partial charge on any atom is 0.322 e. The monoisotopic (exact) mass is 383 g/mol. The minimum atomic E-state index is -4.05. The van der Waals surface area contributed by atoms with Gasteiger partial charge in [-0.2, -0.15) is 4.31 Å². The smallest absolute Gasteiger partial charge is 0.322 e. The van der Waals surface area contributed by atoms with Crippen LogP contribution in [0.15, 0.2) is 29.2 Å². The fourth-order valence-electron chi connectivity index (χ4n) is 2.57. The van der Waals surface area contributed by atoms with Crippen molar-refractivity contribution < 1.29 is 32.9 Å². The summed E-state index contributed by atoms with van der Waals surface area (Å²) in [5, 5.41) is 19.0. The van der Waals surface area contributed by atoms with Crippen LogP contribution in [0.4, 0.5) is 0 Å². The number of ether oxygens (including phenoxy) is 2. The summed E-state index contributed by atoms with van der Waals surface area (Å²) in [4.78, 5) is 11.3. The average molecular weight is 383 g/mol. The number of carboxylic acids is 1. The second-order valence-corrected chi connectivity index (χ2v) is 7.60. The molecule has 2 N–H and O–H groups in total. The standard InChI is InChI=1S/C17H21NO7S/c1-24-10-2-3-11-25-14-5-7-15(8-6-14)26(22,23)18-12-13(19)4-9-16(18)17(20)21/h5-8,13,16,19H,4,9-12H2,1H3,(H,20,21). The zero-order chi connectivity index (χ0) is 19.2. The van der Waals surface area contributed by atoms with Crippen LogP contribution in [0.5, 0.6) is 5.75 Å². The highest BCUT2D eigenvalue weighted by Crippen LogP contribution is 2.27. The van der Waals surface area contributed by atoms with Crippen LogP contribution < -0.4 is 4.74 Å². The van der Waals surface area contributed by atoms with Crippen LogP contribution in [-0.4, -0.2) is 67.9 Å². The molecule has 0 bridgehead atoms. The van der Waals surface area contributed by atoms with E-state index in [4.69, 9.17) is 9.47 Å². The van der Waals surface area contributed by atoms with Gasteiger partial charge in [0.2, 0.25) is 10.0 Å². The SMILES string of the molecule is COCC#CCOc1ccc(S(=O)(=O)N2CC(O)CCC2C(=O)O)cc1. The Morgan fingerprint density at radius 3 is 2.50 bits per heavy atom. The van der Waals surface area contributed by atoms with Crippen LogP contribution >= 0.6 is 0 Å². The molecule has 2 rings (SSSR count). The number of β-amino-alcohol motifs (C(OH)–C–C–N with tert-alkyl or cyclic N) is 1. The molecular weight excluding hydrogens is 362 g/mol. The summed E-state index contributed by atoms with van der Waals surface area (Å²) >= 11 is 0. The number of carbonyl (C=O) groups is 1. The van der Waals surface area contributed by atoms with Crippen molar-refractivity contribution in [3.8, 4) is 17.6 Å². The summed E-state index contributed by atoms with van der Waals surface area (Å²) in [6.45, 7) is 0.189. The van der Waals surface area contributed by atoms with Gasteiger partial charge >= 0.3 is 5.97 Å². The van der Waals surface area contributed by atoms with Gasteiger partial charge in [0.05, 0.1) is 11.0 Å². The first-order valence-electron chi connectivity index (χ1n) is 7.96. The molecule has 0 saturated carbocycles. The first-order valence-corrected chi connectivity index (χ1v) is 9.40. The Bertz CT molecular complexity index is 780. The molecule has 0 aliphatic carbocycles. The minimum absolute atomic E-state index is 0.0596. The number of hydrogen-bond donors (Lipinski definition) is 2. The van der Waals surface area contributed by atoms with Crippen LogP contribution in [0, 0.1) is 11.8 Å². The third-order valence-corrected chi connectivity index (χ3v) is 5.77. The number of piperidine rings is 1. The second kappa shape index (κ2) is 9.00. The van der Waals surface area contributed by atoms with Crippen molar-refractivity contribution in [3.63, 3.8) is 0 Å². The number of sulfonamides is 1. The van der Waals surface area contributed by atoms with E-state index in [2.05, 4.69) is 11.8 Å². The topological polar surface area (TPSA) is 113 Å². The number of carboxylic acid groups (broad SMARTS) is 1. The molecule has 1 aliphatic rings. The number of hydrogen-bond acceptors (Lipinski definition) is 6. The maximum absolute atomic E-state index is 12.8. The van der Waals surface area contributed by atoms with E-state index in [0.717, 1.165) is 4.31 Å². The van der Waals surface area contributed by atoms with Crippen molar-refractivity contribution in [1.29, 1.82) is 0 Å². The summed E-state index contributed by atoms with van der Waals surface area (Å²) < 4.78 is 36.5. The van der Waals surface area contributed by atoms with Gasteiger partial charge in [-0.1, -0.05) is 11.8 Å². The molecule has 1 aromatic rings. The molecule has 1 saturated heterocycles. The van der Waals surface area contributed by atoms with Gasteiger partial charge in [0.25, 0.3) is 0 Å². The van der Waals surface area contributed by atoms with E-state index in [9.17, 15) is 23.4 Å². The summed E-state index contributed by atoms with van der Waals surface area (Å²) in [6.07, 6.45) is -0.564. The molecule has 1 fully saturated rings. The number of aliphatic carboxylic acids is 1. The molecule has 0 radical (unpaired) electrons. The zero-order valence-corrected chi connectivity index (χ0v) is 15.1. The fourth-order valence-corrected chi connectivity index (χ4v) is 4.22. The van der Waals surface area contributed by atoms with Crippen LogP contribution in [0.1, 0.15) is 12.8 Å². The lowest BCUT2D eigenvalue weighted by Crippen LogP contribution is -2.51. The molecule has 8 nitrogen and oxygen atoms in total. The molecule has 2 unspecified atom stereocenters. The molecule has 1 aromatic carbocycles. The highest BCUT2D eigenvalue weighted by Gasteiger charge is 2.40. The summed E-state index contributed by atoms with van der Waals surface area (Å²) in [5.74, 6) is 4.67. The van der Waals surface area contributed by atoms with Crippen molar-refractivity contribution in [1.82, 2.24) is 4.31 Å².